The van der Waals surface area contributed by atoms with Crippen LogP contribution in [0.4, 0.5) is 0 Å². The first-order valence-corrected chi connectivity index (χ1v) is 6.63. The Morgan fingerprint density at radius 3 is 3.12 bits per heavy atom. The molecule has 1 aliphatic rings. The van der Waals surface area contributed by atoms with Gasteiger partial charge in [-0.15, -0.1) is 0 Å². The van der Waals surface area contributed by atoms with E-state index in [1.54, 1.807) is 0 Å². The Kier molecular flexibility index (Phi) is 5.01. The van der Waals surface area contributed by atoms with Gasteiger partial charge in [-0.05, 0) is 37.8 Å². The SMILES string of the molecule is Cn1cc(CCOCCC2CCCCN2)cn1. The molecule has 1 unspecified atom stereocenters. The van der Waals surface area contributed by atoms with Crippen molar-refractivity contribution in [2.24, 2.45) is 7.05 Å². The van der Waals surface area contributed by atoms with Crippen LogP contribution in [0.25, 0.3) is 0 Å². The molecule has 17 heavy (non-hydrogen) atoms. The highest BCUT2D eigenvalue weighted by Crippen LogP contribution is 2.09. The molecule has 1 fully saturated rings. The van der Waals surface area contributed by atoms with Crippen molar-refractivity contribution in [3.05, 3.63) is 18.0 Å². The lowest BCUT2D eigenvalue weighted by molar-refractivity contribution is 0.123. The summed E-state index contributed by atoms with van der Waals surface area (Å²) >= 11 is 0. The summed E-state index contributed by atoms with van der Waals surface area (Å²) in [6.45, 7) is 2.86. The van der Waals surface area contributed by atoms with Crippen LogP contribution in [0.3, 0.4) is 0 Å². The molecule has 1 N–H and O–H groups in total. The third-order valence-corrected chi connectivity index (χ3v) is 3.32. The molecule has 1 saturated heterocycles. The topological polar surface area (TPSA) is 39.1 Å². The Balaban J connectivity index is 1.51. The van der Waals surface area contributed by atoms with Crippen molar-refractivity contribution in [2.45, 2.75) is 38.1 Å². The van der Waals surface area contributed by atoms with Gasteiger partial charge in [0.15, 0.2) is 0 Å². The van der Waals surface area contributed by atoms with Gasteiger partial charge < -0.3 is 10.1 Å². The number of piperidine rings is 1. The van der Waals surface area contributed by atoms with E-state index in [-0.39, 0.29) is 0 Å². The maximum atomic E-state index is 5.67. The van der Waals surface area contributed by atoms with E-state index in [0.29, 0.717) is 6.04 Å². The van der Waals surface area contributed by atoms with Crippen molar-refractivity contribution in [1.82, 2.24) is 15.1 Å². The summed E-state index contributed by atoms with van der Waals surface area (Å²) < 4.78 is 7.51. The first kappa shape index (κ1) is 12.6. The first-order valence-electron chi connectivity index (χ1n) is 6.63. The molecule has 1 aromatic heterocycles. The van der Waals surface area contributed by atoms with Crippen LogP contribution >= 0.6 is 0 Å². The van der Waals surface area contributed by atoms with Crippen LogP contribution in [-0.4, -0.2) is 35.6 Å². The average Bonchev–Trinajstić information content (AvgIpc) is 2.76. The van der Waals surface area contributed by atoms with Gasteiger partial charge in [0.05, 0.1) is 12.8 Å². The molecule has 2 rings (SSSR count). The Morgan fingerprint density at radius 2 is 2.41 bits per heavy atom. The summed E-state index contributed by atoms with van der Waals surface area (Å²) in [6, 6.07) is 0.683. The lowest BCUT2D eigenvalue weighted by atomic mass is 10.0. The summed E-state index contributed by atoms with van der Waals surface area (Å²) in [5.41, 5.74) is 1.25. The highest BCUT2D eigenvalue weighted by Gasteiger charge is 2.11. The number of rotatable bonds is 6. The summed E-state index contributed by atoms with van der Waals surface area (Å²) in [5, 5.41) is 7.68. The number of aryl methyl sites for hydroxylation is 1. The monoisotopic (exact) mass is 237 g/mol. The number of hydrogen-bond donors (Lipinski definition) is 1. The second kappa shape index (κ2) is 6.77. The van der Waals surface area contributed by atoms with Gasteiger partial charge in [0, 0.05) is 25.9 Å². The molecule has 0 bridgehead atoms. The second-order valence-electron chi connectivity index (χ2n) is 4.82. The number of nitrogens with one attached hydrogen (secondary N) is 1. The minimum atomic E-state index is 0.683. The molecule has 4 heteroatoms. The Morgan fingerprint density at radius 1 is 1.47 bits per heavy atom. The van der Waals surface area contributed by atoms with E-state index in [1.165, 1.54) is 31.4 Å². The third-order valence-electron chi connectivity index (χ3n) is 3.32. The van der Waals surface area contributed by atoms with Crippen LogP contribution in [0, 0.1) is 0 Å². The van der Waals surface area contributed by atoms with Crippen LogP contribution in [0.1, 0.15) is 31.2 Å². The summed E-state index contributed by atoms with van der Waals surface area (Å²) in [7, 11) is 1.94. The van der Waals surface area contributed by atoms with E-state index in [9.17, 15) is 0 Å². The Bertz CT molecular complexity index is 318. The second-order valence-corrected chi connectivity index (χ2v) is 4.82. The van der Waals surface area contributed by atoms with E-state index >= 15 is 0 Å². The van der Waals surface area contributed by atoms with Gasteiger partial charge in [-0.2, -0.15) is 5.10 Å². The predicted molar refractivity (Wildman–Crippen MR) is 68.0 cm³/mol. The number of hydrogen-bond acceptors (Lipinski definition) is 3. The molecular formula is C13H23N3O. The van der Waals surface area contributed by atoms with E-state index in [4.69, 9.17) is 4.74 Å². The fourth-order valence-corrected chi connectivity index (χ4v) is 2.29. The molecule has 0 aliphatic carbocycles. The summed E-state index contributed by atoms with van der Waals surface area (Å²) in [6.07, 6.45) is 10.1. The standard InChI is InChI=1S/C13H23N3O/c1-16-11-12(10-15-16)5-8-17-9-6-13-4-2-3-7-14-13/h10-11,13-14H,2-9H2,1H3. The van der Waals surface area contributed by atoms with Gasteiger partial charge in [0.2, 0.25) is 0 Å². The van der Waals surface area contributed by atoms with Crippen LogP contribution < -0.4 is 5.32 Å². The smallest absolute Gasteiger partial charge is 0.0522 e. The van der Waals surface area contributed by atoms with Crippen LogP contribution in [-0.2, 0) is 18.2 Å². The van der Waals surface area contributed by atoms with E-state index in [1.807, 2.05) is 24.1 Å². The highest BCUT2D eigenvalue weighted by molar-refractivity contribution is 5.03. The first-order chi connectivity index (χ1) is 8.34. The van der Waals surface area contributed by atoms with E-state index in [0.717, 1.165) is 26.1 Å². The molecule has 1 atom stereocenters. The van der Waals surface area contributed by atoms with Gasteiger partial charge in [-0.25, -0.2) is 0 Å². The van der Waals surface area contributed by atoms with Crippen LogP contribution in [0.15, 0.2) is 12.4 Å². The van der Waals surface area contributed by atoms with Crippen molar-refractivity contribution < 1.29 is 4.74 Å². The largest absolute Gasteiger partial charge is 0.381 e. The van der Waals surface area contributed by atoms with Crippen molar-refractivity contribution in [3.8, 4) is 0 Å². The molecular weight excluding hydrogens is 214 g/mol. The molecule has 4 nitrogen and oxygen atoms in total. The predicted octanol–water partition coefficient (Wildman–Crippen LogP) is 1.51. The minimum absolute atomic E-state index is 0.683. The van der Waals surface area contributed by atoms with Crippen LogP contribution in [0.2, 0.25) is 0 Å². The van der Waals surface area contributed by atoms with E-state index in [2.05, 4.69) is 10.4 Å². The van der Waals surface area contributed by atoms with Crippen LogP contribution in [0.5, 0.6) is 0 Å². The van der Waals surface area contributed by atoms with Gasteiger partial charge in [-0.3, -0.25) is 4.68 Å². The maximum absolute atomic E-state index is 5.67. The van der Waals surface area contributed by atoms with Gasteiger partial charge in [0.1, 0.15) is 0 Å². The molecule has 2 heterocycles. The highest BCUT2D eigenvalue weighted by atomic mass is 16.5. The number of aromatic nitrogens is 2. The molecule has 0 saturated carbocycles. The zero-order chi connectivity index (χ0) is 11.9. The fourth-order valence-electron chi connectivity index (χ4n) is 2.29. The molecule has 1 aromatic rings. The maximum Gasteiger partial charge on any atom is 0.0522 e. The lowest BCUT2D eigenvalue weighted by Gasteiger charge is -2.23. The van der Waals surface area contributed by atoms with Crippen molar-refractivity contribution in [3.63, 3.8) is 0 Å². The summed E-state index contributed by atoms with van der Waals surface area (Å²) in [5.74, 6) is 0. The molecule has 0 aromatic carbocycles. The third kappa shape index (κ3) is 4.48. The van der Waals surface area contributed by atoms with E-state index < -0.39 is 0 Å². The number of ether oxygens (including phenoxy) is 1. The van der Waals surface area contributed by atoms with Gasteiger partial charge in [0.25, 0.3) is 0 Å². The lowest BCUT2D eigenvalue weighted by Crippen LogP contribution is -2.34. The molecule has 0 radical (unpaired) electrons. The normalized spacial score (nSPS) is 20.6. The molecule has 1 aliphatic heterocycles. The van der Waals surface area contributed by atoms with Gasteiger partial charge in [-0.1, -0.05) is 6.42 Å². The molecule has 0 spiro atoms. The zero-order valence-electron chi connectivity index (χ0n) is 10.7. The van der Waals surface area contributed by atoms with Crippen molar-refractivity contribution in [1.29, 1.82) is 0 Å². The molecule has 0 amide bonds. The van der Waals surface area contributed by atoms with Crippen molar-refractivity contribution >= 4 is 0 Å². The fraction of sp³-hybridized carbons (Fsp3) is 0.769. The average molecular weight is 237 g/mol. The summed E-state index contributed by atoms with van der Waals surface area (Å²) in [4.78, 5) is 0. The minimum Gasteiger partial charge on any atom is -0.381 e. The van der Waals surface area contributed by atoms with Crippen molar-refractivity contribution in [2.75, 3.05) is 19.8 Å². The Labute approximate surface area is 103 Å². The Hall–Kier alpha value is -0.870. The quantitative estimate of drug-likeness (QED) is 0.762. The van der Waals surface area contributed by atoms with Gasteiger partial charge >= 0.3 is 0 Å². The zero-order valence-corrected chi connectivity index (χ0v) is 10.7. The molecule has 96 valence electrons. The number of nitrogens with zero attached hydrogens (tertiary/aromatic N) is 2.